The first-order valence-electron chi connectivity index (χ1n) is 4.69. The highest BCUT2D eigenvalue weighted by Gasteiger charge is 2.26. The van der Waals surface area contributed by atoms with E-state index in [4.69, 9.17) is 4.74 Å². The summed E-state index contributed by atoms with van der Waals surface area (Å²) in [7, 11) is 0. The third-order valence-corrected chi connectivity index (χ3v) is 1.92. The summed E-state index contributed by atoms with van der Waals surface area (Å²) in [5, 5.41) is 0. The van der Waals surface area contributed by atoms with Crippen LogP contribution in [0.2, 0.25) is 0 Å². The number of carbonyl (C=O) groups excluding carboxylic acids is 1. The average molecular weight is 232 g/mol. The number of rotatable bonds is 4. The molecule has 0 amide bonds. The molecule has 0 aliphatic heterocycles. The Morgan fingerprint density at radius 1 is 1.25 bits per heavy atom. The molecule has 0 aromatic heterocycles. The van der Waals surface area contributed by atoms with Gasteiger partial charge in [0.1, 0.15) is 5.75 Å². The molecule has 1 aromatic carbocycles. The van der Waals surface area contributed by atoms with Gasteiger partial charge < -0.3 is 4.74 Å². The second-order valence-corrected chi connectivity index (χ2v) is 3.29. The molecule has 0 atom stereocenters. The SMILES string of the molecule is CC(=O)c1ccc(OCCC(F)(F)F)cc1. The van der Waals surface area contributed by atoms with Crippen molar-refractivity contribution >= 4 is 5.78 Å². The Bertz CT molecular complexity index is 354. The third kappa shape index (κ3) is 4.33. The number of carbonyl (C=O) groups is 1. The highest BCUT2D eigenvalue weighted by atomic mass is 19.4. The maximum Gasteiger partial charge on any atom is 0.392 e. The molecule has 0 heterocycles. The van der Waals surface area contributed by atoms with Gasteiger partial charge in [-0.2, -0.15) is 13.2 Å². The minimum Gasteiger partial charge on any atom is -0.493 e. The van der Waals surface area contributed by atoms with Gasteiger partial charge in [-0.05, 0) is 31.2 Å². The van der Waals surface area contributed by atoms with Crippen LogP contribution in [-0.2, 0) is 0 Å². The van der Waals surface area contributed by atoms with E-state index in [1.165, 1.54) is 31.2 Å². The highest BCUT2D eigenvalue weighted by Crippen LogP contribution is 2.20. The zero-order chi connectivity index (χ0) is 12.2. The Labute approximate surface area is 91.0 Å². The molecule has 0 fully saturated rings. The number of hydrogen-bond acceptors (Lipinski definition) is 2. The van der Waals surface area contributed by atoms with E-state index in [1.807, 2.05) is 0 Å². The molecule has 1 rings (SSSR count). The Balaban J connectivity index is 2.47. The molecular formula is C11H11F3O2. The molecule has 1 aromatic rings. The number of ketones is 1. The fourth-order valence-electron chi connectivity index (χ4n) is 1.07. The summed E-state index contributed by atoms with van der Waals surface area (Å²) in [4.78, 5) is 10.9. The molecule has 88 valence electrons. The van der Waals surface area contributed by atoms with Crippen molar-refractivity contribution in [2.45, 2.75) is 19.5 Å². The van der Waals surface area contributed by atoms with Gasteiger partial charge in [-0.3, -0.25) is 4.79 Å². The van der Waals surface area contributed by atoms with E-state index in [0.29, 0.717) is 11.3 Å². The van der Waals surface area contributed by atoms with E-state index < -0.39 is 19.2 Å². The van der Waals surface area contributed by atoms with Crippen molar-refractivity contribution in [2.75, 3.05) is 6.61 Å². The molecular weight excluding hydrogens is 221 g/mol. The Morgan fingerprint density at radius 3 is 2.25 bits per heavy atom. The van der Waals surface area contributed by atoms with Gasteiger partial charge in [0, 0.05) is 5.56 Å². The van der Waals surface area contributed by atoms with E-state index >= 15 is 0 Å². The van der Waals surface area contributed by atoms with E-state index in [-0.39, 0.29) is 5.78 Å². The van der Waals surface area contributed by atoms with Gasteiger partial charge in [0.25, 0.3) is 0 Å². The molecule has 0 aliphatic rings. The largest absolute Gasteiger partial charge is 0.493 e. The van der Waals surface area contributed by atoms with Gasteiger partial charge in [-0.1, -0.05) is 0 Å². The monoisotopic (exact) mass is 232 g/mol. The minimum atomic E-state index is -4.21. The average Bonchev–Trinajstić information content (AvgIpc) is 2.16. The van der Waals surface area contributed by atoms with E-state index in [1.54, 1.807) is 0 Å². The summed E-state index contributed by atoms with van der Waals surface area (Å²) in [6.45, 7) is 1.00. The quantitative estimate of drug-likeness (QED) is 0.745. The second kappa shape index (κ2) is 5.01. The molecule has 5 heteroatoms. The Hall–Kier alpha value is -1.52. The molecule has 0 spiro atoms. The molecule has 0 saturated heterocycles. The molecule has 0 saturated carbocycles. The van der Waals surface area contributed by atoms with Crippen molar-refractivity contribution in [3.63, 3.8) is 0 Å². The molecule has 2 nitrogen and oxygen atoms in total. The summed E-state index contributed by atoms with van der Waals surface area (Å²) >= 11 is 0. The van der Waals surface area contributed by atoms with Crippen molar-refractivity contribution in [3.05, 3.63) is 29.8 Å². The number of ether oxygens (including phenoxy) is 1. The first-order chi connectivity index (χ1) is 7.38. The topological polar surface area (TPSA) is 26.3 Å². The predicted octanol–water partition coefficient (Wildman–Crippen LogP) is 3.22. The van der Waals surface area contributed by atoms with E-state index in [2.05, 4.69) is 0 Å². The van der Waals surface area contributed by atoms with Gasteiger partial charge in [0.15, 0.2) is 5.78 Å². The van der Waals surface area contributed by atoms with Crippen molar-refractivity contribution in [2.24, 2.45) is 0 Å². The lowest BCUT2D eigenvalue weighted by atomic mass is 10.1. The van der Waals surface area contributed by atoms with Crippen molar-refractivity contribution in [1.82, 2.24) is 0 Å². The van der Waals surface area contributed by atoms with E-state index in [9.17, 15) is 18.0 Å². The molecule has 0 aliphatic carbocycles. The van der Waals surface area contributed by atoms with Crippen molar-refractivity contribution in [1.29, 1.82) is 0 Å². The van der Waals surface area contributed by atoms with Crippen LogP contribution in [-0.4, -0.2) is 18.6 Å². The first kappa shape index (κ1) is 12.5. The number of halogens is 3. The van der Waals surface area contributed by atoms with Gasteiger partial charge >= 0.3 is 6.18 Å². The fourth-order valence-corrected chi connectivity index (χ4v) is 1.07. The van der Waals surface area contributed by atoms with Gasteiger partial charge in [0.2, 0.25) is 0 Å². The van der Waals surface area contributed by atoms with Crippen LogP contribution in [0.25, 0.3) is 0 Å². The van der Waals surface area contributed by atoms with E-state index in [0.717, 1.165) is 0 Å². The number of benzene rings is 1. The van der Waals surface area contributed by atoms with Crippen LogP contribution in [0.4, 0.5) is 13.2 Å². The van der Waals surface area contributed by atoms with Crippen LogP contribution < -0.4 is 4.74 Å². The van der Waals surface area contributed by atoms with Crippen LogP contribution >= 0.6 is 0 Å². The smallest absolute Gasteiger partial charge is 0.392 e. The third-order valence-electron chi connectivity index (χ3n) is 1.92. The number of Topliss-reactive ketones (excluding diaryl/α,β-unsaturated/α-hetero) is 1. The van der Waals surface area contributed by atoms with Crippen LogP contribution in [0.5, 0.6) is 5.75 Å². The summed E-state index contributed by atoms with van der Waals surface area (Å²) in [6, 6.07) is 6.00. The number of alkyl halides is 3. The fraction of sp³-hybridized carbons (Fsp3) is 0.364. The van der Waals surface area contributed by atoms with Crippen molar-refractivity contribution < 1.29 is 22.7 Å². The first-order valence-corrected chi connectivity index (χ1v) is 4.69. The molecule has 0 N–H and O–H groups in total. The molecule has 0 bridgehead atoms. The van der Waals surface area contributed by atoms with Crippen molar-refractivity contribution in [3.8, 4) is 5.75 Å². The van der Waals surface area contributed by atoms with Gasteiger partial charge in [0.05, 0.1) is 13.0 Å². The van der Waals surface area contributed by atoms with Crippen LogP contribution in [0.15, 0.2) is 24.3 Å². The zero-order valence-corrected chi connectivity index (χ0v) is 8.67. The minimum absolute atomic E-state index is 0.0955. The summed E-state index contributed by atoms with van der Waals surface area (Å²) < 4.78 is 40.3. The lowest BCUT2D eigenvalue weighted by Crippen LogP contribution is -2.13. The highest BCUT2D eigenvalue weighted by molar-refractivity contribution is 5.94. The maximum absolute atomic E-state index is 11.8. The summed E-state index contributed by atoms with van der Waals surface area (Å²) in [6.07, 6.45) is -5.19. The summed E-state index contributed by atoms with van der Waals surface area (Å²) in [5.41, 5.74) is 0.503. The Kier molecular flexibility index (Phi) is 3.93. The molecule has 0 unspecified atom stereocenters. The van der Waals surface area contributed by atoms with Crippen LogP contribution in [0.1, 0.15) is 23.7 Å². The standard InChI is InChI=1S/C11H11F3O2/c1-8(15)9-2-4-10(5-3-9)16-7-6-11(12,13)14/h2-5H,6-7H2,1H3. The predicted molar refractivity (Wildman–Crippen MR) is 52.6 cm³/mol. The lowest BCUT2D eigenvalue weighted by molar-refractivity contribution is -0.139. The number of hydrogen-bond donors (Lipinski definition) is 0. The molecule has 0 radical (unpaired) electrons. The van der Waals surface area contributed by atoms with Gasteiger partial charge in [-0.15, -0.1) is 0 Å². The van der Waals surface area contributed by atoms with Crippen LogP contribution in [0, 0.1) is 0 Å². The lowest BCUT2D eigenvalue weighted by Gasteiger charge is -2.08. The Morgan fingerprint density at radius 2 is 1.81 bits per heavy atom. The normalized spacial score (nSPS) is 11.2. The van der Waals surface area contributed by atoms with Gasteiger partial charge in [-0.25, -0.2) is 0 Å². The second-order valence-electron chi connectivity index (χ2n) is 3.29. The summed E-state index contributed by atoms with van der Waals surface area (Å²) in [5.74, 6) is 0.232. The zero-order valence-electron chi connectivity index (χ0n) is 8.67. The molecule has 16 heavy (non-hydrogen) atoms. The van der Waals surface area contributed by atoms with Crippen LogP contribution in [0.3, 0.4) is 0 Å². The maximum atomic E-state index is 11.8.